The molecule has 3 aromatic carbocycles. The molecule has 1 aliphatic rings. The van der Waals surface area contributed by atoms with Crippen molar-refractivity contribution in [3.05, 3.63) is 121 Å². The van der Waals surface area contributed by atoms with Crippen LogP contribution in [0.1, 0.15) is 27.0 Å². The van der Waals surface area contributed by atoms with Crippen LogP contribution in [-0.4, -0.2) is 35.1 Å². The Balaban J connectivity index is 1.87. The fourth-order valence-electron chi connectivity index (χ4n) is 3.76. The molecule has 1 heterocycles. The molecular formula is C25H15F3N4O8S. The summed E-state index contributed by atoms with van der Waals surface area (Å²) in [4.78, 5) is 30.9. The lowest BCUT2D eigenvalue weighted by Gasteiger charge is -2.19. The van der Waals surface area contributed by atoms with E-state index in [0.717, 1.165) is 54.6 Å². The normalized spacial score (nSPS) is 15.5. The van der Waals surface area contributed by atoms with Crippen LogP contribution >= 0.6 is 0 Å². The molecule has 0 bridgehead atoms. The number of nitro groups is 2. The molecule has 4 rings (SSSR count). The van der Waals surface area contributed by atoms with Gasteiger partial charge in [-0.05, 0) is 53.6 Å². The van der Waals surface area contributed by atoms with Gasteiger partial charge in [-0.15, -0.1) is 0 Å². The number of hydrogen-bond acceptors (Lipinski definition) is 9. The first kappa shape index (κ1) is 28.6. The molecule has 0 amide bonds. The van der Waals surface area contributed by atoms with Gasteiger partial charge in [0.15, 0.2) is 0 Å². The Labute approximate surface area is 228 Å². The lowest BCUT2D eigenvalue weighted by atomic mass is 10.1. The third kappa shape index (κ3) is 5.96. The SMILES string of the molecule is O=C(O)c1ccc(C2=C/C(=N\Nc3ccc([N+](=O)[O-])cc3[N+](=O)[O-])C=C(c3cccc(C(F)(F)F)c3)S2(=O)=O)cc1. The highest BCUT2D eigenvalue weighted by molar-refractivity contribution is 8.09. The molecule has 1 aliphatic heterocycles. The van der Waals surface area contributed by atoms with Crippen molar-refractivity contribution in [2.45, 2.75) is 6.18 Å². The van der Waals surface area contributed by atoms with Crippen LogP contribution in [0.3, 0.4) is 0 Å². The largest absolute Gasteiger partial charge is 0.478 e. The molecule has 0 radical (unpaired) electrons. The summed E-state index contributed by atoms with van der Waals surface area (Å²) in [6, 6.07) is 10.8. The van der Waals surface area contributed by atoms with Gasteiger partial charge < -0.3 is 5.11 Å². The molecule has 12 nitrogen and oxygen atoms in total. The van der Waals surface area contributed by atoms with Crippen molar-refractivity contribution in [3.63, 3.8) is 0 Å². The first-order valence-electron chi connectivity index (χ1n) is 11.1. The van der Waals surface area contributed by atoms with Gasteiger partial charge in [0.05, 0.1) is 42.6 Å². The van der Waals surface area contributed by atoms with Crippen LogP contribution in [0.2, 0.25) is 0 Å². The number of sulfone groups is 1. The van der Waals surface area contributed by atoms with Crippen LogP contribution in [0.4, 0.5) is 30.2 Å². The summed E-state index contributed by atoms with van der Waals surface area (Å²) < 4.78 is 67.3. The summed E-state index contributed by atoms with van der Waals surface area (Å²) in [7, 11) is -4.50. The molecule has 41 heavy (non-hydrogen) atoms. The van der Waals surface area contributed by atoms with E-state index in [9.17, 15) is 46.6 Å². The highest BCUT2D eigenvalue weighted by Gasteiger charge is 2.34. The average molecular weight is 588 g/mol. The minimum Gasteiger partial charge on any atom is -0.478 e. The number of non-ortho nitro benzene ring substituents is 1. The topological polar surface area (TPSA) is 182 Å². The van der Waals surface area contributed by atoms with Crippen molar-refractivity contribution in [2.75, 3.05) is 5.43 Å². The number of carboxylic acid groups (broad SMARTS) is 1. The number of hydrazone groups is 1. The van der Waals surface area contributed by atoms with E-state index in [1.54, 1.807) is 0 Å². The molecule has 0 fully saturated rings. The third-order valence-corrected chi connectivity index (χ3v) is 7.59. The van der Waals surface area contributed by atoms with Crippen molar-refractivity contribution in [2.24, 2.45) is 5.10 Å². The van der Waals surface area contributed by atoms with Crippen LogP contribution in [0, 0.1) is 20.2 Å². The van der Waals surface area contributed by atoms with E-state index in [2.05, 4.69) is 10.5 Å². The zero-order valence-electron chi connectivity index (χ0n) is 20.2. The quantitative estimate of drug-likeness (QED) is 0.266. The zero-order valence-corrected chi connectivity index (χ0v) is 21.0. The summed E-state index contributed by atoms with van der Waals surface area (Å²) >= 11 is 0. The second-order valence-electron chi connectivity index (χ2n) is 8.35. The summed E-state index contributed by atoms with van der Waals surface area (Å²) in [6.45, 7) is 0. The van der Waals surface area contributed by atoms with Gasteiger partial charge in [0, 0.05) is 6.07 Å². The van der Waals surface area contributed by atoms with Gasteiger partial charge >= 0.3 is 17.8 Å². The molecule has 0 spiro atoms. The zero-order chi connectivity index (χ0) is 30.1. The van der Waals surface area contributed by atoms with Gasteiger partial charge in [-0.25, -0.2) is 13.2 Å². The van der Waals surface area contributed by atoms with Gasteiger partial charge in [-0.2, -0.15) is 18.3 Å². The van der Waals surface area contributed by atoms with E-state index in [0.29, 0.717) is 12.1 Å². The minimum absolute atomic E-state index is 0.0124. The fraction of sp³-hybridized carbons (Fsp3) is 0.0400. The number of alkyl halides is 3. The van der Waals surface area contributed by atoms with Gasteiger partial charge in [0.1, 0.15) is 5.69 Å². The third-order valence-electron chi connectivity index (χ3n) is 5.72. The number of anilines is 1. The summed E-state index contributed by atoms with van der Waals surface area (Å²) in [5, 5.41) is 35.6. The Morgan fingerprint density at radius 2 is 1.51 bits per heavy atom. The van der Waals surface area contributed by atoms with Gasteiger partial charge in [0.2, 0.25) is 9.84 Å². The Morgan fingerprint density at radius 3 is 2.07 bits per heavy atom. The molecule has 0 unspecified atom stereocenters. The minimum atomic E-state index is -4.78. The molecule has 0 saturated carbocycles. The molecule has 2 N–H and O–H groups in total. The second kappa shape index (κ2) is 10.6. The van der Waals surface area contributed by atoms with Crippen LogP contribution in [-0.2, 0) is 16.0 Å². The number of hydrogen-bond donors (Lipinski definition) is 2. The number of carbonyl (C=O) groups is 1. The second-order valence-corrected chi connectivity index (χ2v) is 10.2. The number of allylic oxidation sites excluding steroid dienone is 2. The lowest BCUT2D eigenvalue weighted by Crippen LogP contribution is -2.15. The highest BCUT2D eigenvalue weighted by atomic mass is 32.2. The summed E-state index contributed by atoms with van der Waals surface area (Å²) in [6.07, 6.45) is -2.80. The smallest absolute Gasteiger partial charge is 0.416 e. The maximum Gasteiger partial charge on any atom is 0.416 e. The Bertz CT molecular complexity index is 1800. The van der Waals surface area contributed by atoms with Crippen LogP contribution in [0.15, 0.2) is 84.0 Å². The van der Waals surface area contributed by atoms with E-state index >= 15 is 0 Å². The number of halogens is 3. The van der Waals surface area contributed by atoms with Crippen LogP contribution < -0.4 is 5.43 Å². The van der Waals surface area contributed by atoms with Crippen molar-refractivity contribution < 1.29 is 41.3 Å². The number of carboxylic acids is 1. The Hall–Kier alpha value is -5.38. The number of aromatic carboxylic acids is 1. The van der Waals surface area contributed by atoms with Crippen LogP contribution in [0.5, 0.6) is 0 Å². The predicted molar refractivity (Wildman–Crippen MR) is 141 cm³/mol. The van der Waals surface area contributed by atoms with Gasteiger partial charge in [-0.1, -0.05) is 24.3 Å². The number of nitrogens with zero attached hydrogens (tertiary/aromatic N) is 3. The number of benzene rings is 3. The molecular weight excluding hydrogens is 573 g/mol. The monoisotopic (exact) mass is 588 g/mol. The van der Waals surface area contributed by atoms with Crippen molar-refractivity contribution >= 4 is 48.4 Å². The Kier molecular flexibility index (Phi) is 7.43. The number of nitro benzene ring substituents is 2. The summed E-state index contributed by atoms with van der Waals surface area (Å²) in [5.41, 5.74) is -1.06. The molecule has 0 aromatic heterocycles. The highest BCUT2D eigenvalue weighted by Crippen LogP contribution is 2.39. The fourth-order valence-corrected chi connectivity index (χ4v) is 5.43. The van der Waals surface area contributed by atoms with Crippen molar-refractivity contribution in [1.82, 2.24) is 0 Å². The average Bonchev–Trinajstić information content (AvgIpc) is 2.91. The maximum atomic E-state index is 13.6. The van der Waals surface area contributed by atoms with Crippen molar-refractivity contribution in [3.8, 4) is 0 Å². The van der Waals surface area contributed by atoms with E-state index in [1.807, 2.05) is 0 Å². The van der Waals surface area contributed by atoms with Crippen LogP contribution in [0.25, 0.3) is 9.81 Å². The van der Waals surface area contributed by atoms with E-state index in [1.165, 1.54) is 12.1 Å². The molecule has 0 saturated heterocycles. The first-order chi connectivity index (χ1) is 19.2. The van der Waals surface area contributed by atoms with E-state index < -0.39 is 58.6 Å². The number of rotatable bonds is 7. The lowest BCUT2D eigenvalue weighted by molar-refractivity contribution is -0.393. The van der Waals surface area contributed by atoms with E-state index in [4.69, 9.17) is 5.11 Å². The Morgan fingerprint density at radius 1 is 0.878 bits per heavy atom. The van der Waals surface area contributed by atoms with E-state index in [-0.39, 0.29) is 28.1 Å². The maximum absolute atomic E-state index is 13.6. The predicted octanol–water partition coefficient (Wildman–Crippen LogP) is 5.50. The molecule has 210 valence electrons. The van der Waals surface area contributed by atoms with Gasteiger partial charge in [0.25, 0.3) is 5.69 Å². The molecule has 3 aromatic rings. The standard InChI is InChI=1S/C25H15F3N4O8S/c26-25(27,28)17-3-1-2-16(10-17)23-12-18(29-30-20-9-8-19(31(35)36)13-21(20)32(37)38)11-22(41(23,39)40)14-4-6-15(7-5-14)24(33)34/h1-13,30H,(H,33,34)/b29-18+. The summed E-state index contributed by atoms with van der Waals surface area (Å²) in [5.74, 6) is -1.28. The molecule has 16 heteroatoms. The van der Waals surface area contributed by atoms with Gasteiger partial charge in [-0.3, -0.25) is 25.7 Å². The molecule has 0 atom stereocenters. The first-order valence-corrected chi connectivity index (χ1v) is 12.6. The number of nitrogens with one attached hydrogen (secondary N) is 1. The van der Waals surface area contributed by atoms with Crippen molar-refractivity contribution in [1.29, 1.82) is 0 Å². The molecule has 0 aliphatic carbocycles.